The van der Waals surface area contributed by atoms with E-state index in [1.165, 1.54) is 18.1 Å². The SMILES string of the molecule is Cc1ccc(OC[C@H](C)NC(=O)N2CCCN(C(=O)c3ccoc3)CC2)cc1. The molecule has 1 aromatic heterocycles. The number of furan rings is 1. The Bertz CT molecular complexity index is 773. The number of nitrogens with zero attached hydrogens (tertiary/aromatic N) is 2. The number of hydrogen-bond donors (Lipinski definition) is 1. The second kappa shape index (κ2) is 9.30. The highest BCUT2D eigenvalue weighted by molar-refractivity contribution is 5.93. The molecule has 1 saturated heterocycles. The Morgan fingerprint density at radius 1 is 1.11 bits per heavy atom. The molecule has 28 heavy (non-hydrogen) atoms. The number of carbonyl (C=O) groups is 2. The van der Waals surface area contributed by atoms with E-state index in [4.69, 9.17) is 9.15 Å². The molecule has 0 unspecified atom stereocenters. The van der Waals surface area contributed by atoms with Crippen molar-refractivity contribution in [3.63, 3.8) is 0 Å². The first-order valence-corrected chi connectivity index (χ1v) is 9.59. The normalized spacial score (nSPS) is 15.6. The summed E-state index contributed by atoms with van der Waals surface area (Å²) in [5.41, 5.74) is 1.72. The highest BCUT2D eigenvalue weighted by atomic mass is 16.5. The number of amides is 3. The first-order chi connectivity index (χ1) is 13.5. The molecule has 1 atom stereocenters. The van der Waals surface area contributed by atoms with Gasteiger partial charge in [-0.3, -0.25) is 4.79 Å². The largest absolute Gasteiger partial charge is 0.491 e. The minimum absolute atomic E-state index is 0.0594. The van der Waals surface area contributed by atoms with Crippen molar-refractivity contribution >= 4 is 11.9 Å². The Labute approximate surface area is 165 Å². The maximum atomic E-state index is 12.6. The van der Waals surface area contributed by atoms with Gasteiger partial charge in [0, 0.05) is 26.2 Å². The first-order valence-electron chi connectivity index (χ1n) is 9.59. The van der Waals surface area contributed by atoms with Crippen LogP contribution in [0.15, 0.2) is 47.3 Å². The van der Waals surface area contributed by atoms with Gasteiger partial charge in [-0.1, -0.05) is 17.7 Å². The number of urea groups is 1. The van der Waals surface area contributed by atoms with Crippen LogP contribution in [0, 0.1) is 6.92 Å². The molecule has 0 radical (unpaired) electrons. The fourth-order valence-corrected chi connectivity index (χ4v) is 3.09. The smallest absolute Gasteiger partial charge is 0.317 e. The van der Waals surface area contributed by atoms with Crippen molar-refractivity contribution < 1.29 is 18.7 Å². The molecule has 1 aliphatic rings. The van der Waals surface area contributed by atoms with Crippen molar-refractivity contribution in [3.8, 4) is 5.75 Å². The highest BCUT2D eigenvalue weighted by Crippen LogP contribution is 2.12. The average molecular weight is 385 g/mol. The molecule has 0 bridgehead atoms. The van der Waals surface area contributed by atoms with Gasteiger partial charge in [-0.05, 0) is 38.5 Å². The number of aryl methyl sites for hydroxylation is 1. The zero-order valence-corrected chi connectivity index (χ0v) is 16.4. The zero-order valence-electron chi connectivity index (χ0n) is 16.4. The lowest BCUT2D eigenvalue weighted by Gasteiger charge is -2.24. The summed E-state index contributed by atoms with van der Waals surface area (Å²) in [6, 6.07) is 9.24. The summed E-state index contributed by atoms with van der Waals surface area (Å²) >= 11 is 0. The van der Waals surface area contributed by atoms with Gasteiger partial charge >= 0.3 is 6.03 Å². The van der Waals surface area contributed by atoms with Crippen molar-refractivity contribution in [2.24, 2.45) is 0 Å². The number of hydrogen-bond acceptors (Lipinski definition) is 4. The molecule has 1 aliphatic heterocycles. The summed E-state index contributed by atoms with van der Waals surface area (Å²) in [4.78, 5) is 28.5. The lowest BCUT2D eigenvalue weighted by Crippen LogP contribution is -2.47. The van der Waals surface area contributed by atoms with Crippen molar-refractivity contribution in [3.05, 3.63) is 54.0 Å². The Morgan fingerprint density at radius 3 is 2.54 bits per heavy atom. The molecule has 7 nitrogen and oxygen atoms in total. The standard InChI is InChI=1S/C21H27N3O4/c1-16-4-6-19(7-5-16)28-14-17(2)22-21(26)24-10-3-9-23(11-12-24)20(25)18-8-13-27-15-18/h4-8,13,15,17H,3,9-12,14H2,1-2H3,(H,22,26)/t17-/m0/s1. The number of ether oxygens (including phenoxy) is 1. The molecule has 0 saturated carbocycles. The van der Waals surface area contributed by atoms with E-state index in [0.717, 1.165) is 12.2 Å². The van der Waals surface area contributed by atoms with Crippen LogP contribution in [-0.4, -0.2) is 60.6 Å². The summed E-state index contributed by atoms with van der Waals surface area (Å²) in [6.45, 7) is 6.59. The van der Waals surface area contributed by atoms with E-state index in [9.17, 15) is 9.59 Å². The Balaban J connectivity index is 1.45. The number of nitrogens with one attached hydrogen (secondary N) is 1. The second-order valence-electron chi connectivity index (χ2n) is 7.12. The third kappa shape index (κ3) is 5.28. The van der Waals surface area contributed by atoms with Crippen LogP contribution in [0.5, 0.6) is 5.75 Å². The van der Waals surface area contributed by atoms with Crippen LogP contribution in [-0.2, 0) is 0 Å². The maximum Gasteiger partial charge on any atom is 0.317 e. The van der Waals surface area contributed by atoms with Gasteiger partial charge in [-0.2, -0.15) is 0 Å². The molecule has 2 heterocycles. The predicted molar refractivity (Wildman–Crippen MR) is 105 cm³/mol. The fraction of sp³-hybridized carbons (Fsp3) is 0.429. The third-order valence-electron chi connectivity index (χ3n) is 4.73. The molecular weight excluding hydrogens is 358 g/mol. The minimum Gasteiger partial charge on any atom is -0.491 e. The van der Waals surface area contributed by atoms with Gasteiger partial charge < -0.3 is 24.3 Å². The molecule has 0 spiro atoms. The molecular formula is C21H27N3O4. The second-order valence-corrected chi connectivity index (χ2v) is 7.12. The monoisotopic (exact) mass is 385 g/mol. The van der Waals surface area contributed by atoms with Crippen molar-refractivity contribution in [2.45, 2.75) is 26.3 Å². The van der Waals surface area contributed by atoms with Crippen LogP contribution in [0.3, 0.4) is 0 Å². The first kappa shape index (κ1) is 19.8. The summed E-state index contributed by atoms with van der Waals surface area (Å²) in [5.74, 6) is 0.728. The number of carbonyl (C=O) groups excluding carboxylic acids is 2. The molecule has 1 N–H and O–H groups in total. The van der Waals surface area contributed by atoms with Crippen LogP contribution in [0.1, 0.15) is 29.3 Å². The molecule has 2 aromatic rings. The topological polar surface area (TPSA) is 75.0 Å². The van der Waals surface area contributed by atoms with Crippen molar-refractivity contribution in [2.75, 3.05) is 32.8 Å². The van der Waals surface area contributed by atoms with Gasteiger partial charge in [0.2, 0.25) is 0 Å². The Morgan fingerprint density at radius 2 is 1.82 bits per heavy atom. The quantitative estimate of drug-likeness (QED) is 0.859. The highest BCUT2D eigenvalue weighted by Gasteiger charge is 2.24. The van der Waals surface area contributed by atoms with Crippen molar-refractivity contribution in [1.29, 1.82) is 0 Å². The summed E-state index contributed by atoms with van der Waals surface area (Å²) in [6.07, 6.45) is 3.68. The molecule has 0 aliphatic carbocycles. The van der Waals surface area contributed by atoms with Gasteiger partial charge in [-0.25, -0.2) is 4.79 Å². The van der Waals surface area contributed by atoms with Crippen LogP contribution in [0.2, 0.25) is 0 Å². The summed E-state index contributed by atoms with van der Waals surface area (Å²) in [7, 11) is 0. The minimum atomic E-state index is -0.127. The zero-order chi connectivity index (χ0) is 19.9. The van der Waals surface area contributed by atoms with E-state index in [-0.39, 0.29) is 18.0 Å². The van der Waals surface area contributed by atoms with Crippen LogP contribution in [0.4, 0.5) is 4.79 Å². The molecule has 3 amide bonds. The van der Waals surface area contributed by atoms with Gasteiger partial charge in [0.25, 0.3) is 5.91 Å². The van der Waals surface area contributed by atoms with Gasteiger partial charge in [-0.15, -0.1) is 0 Å². The third-order valence-corrected chi connectivity index (χ3v) is 4.73. The summed E-state index contributed by atoms with van der Waals surface area (Å²) in [5, 5.41) is 2.97. The fourth-order valence-electron chi connectivity index (χ4n) is 3.09. The summed E-state index contributed by atoms with van der Waals surface area (Å²) < 4.78 is 10.7. The Kier molecular flexibility index (Phi) is 6.57. The van der Waals surface area contributed by atoms with Gasteiger partial charge in [0.1, 0.15) is 18.6 Å². The molecule has 150 valence electrons. The lowest BCUT2D eigenvalue weighted by atomic mass is 10.2. The van der Waals surface area contributed by atoms with Gasteiger partial charge in [0.15, 0.2) is 0 Å². The van der Waals surface area contributed by atoms with Crippen LogP contribution in [0.25, 0.3) is 0 Å². The number of rotatable bonds is 5. The average Bonchev–Trinajstić information content (AvgIpc) is 3.11. The molecule has 1 aromatic carbocycles. The van der Waals surface area contributed by atoms with E-state index < -0.39 is 0 Å². The molecule has 7 heteroatoms. The number of benzene rings is 1. The maximum absolute atomic E-state index is 12.6. The van der Waals surface area contributed by atoms with E-state index in [1.807, 2.05) is 38.1 Å². The molecule has 3 rings (SSSR count). The van der Waals surface area contributed by atoms with Crippen LogP contribution >= 0.6 is 0 Å². The van der Waals surface area contributed by atoms with Gasteiger partial charge in [0.05, 0.1) is 17.9 Å². The predicted octanol–water partition coefficient (Wildman–Crippen LogP) is 2.91. The van der Waals surface area contributed by atoms with E-state index >= 15 is 0 Å². The van der Waals surface area contributed by atoms with E-state index in [0.29, 0.717) is 38.3 Å². The van der Waals surface area contributed by atoms with E-state index in [2.05, 4.69) is 5.32 Å². The van der Waals surface area contributed by atoms with Crippen LogP contribution < -0.4 is 10.1 Å². The molecule has 1 fully saturated rings. The Hall–Kier alpha value is -2.96. The van der Waals surface area contributed by atoms with Crippen molar-refractivity contribution in [1.82, 2.24) is 15.1 Å². The lowest BCUT2D eigenvalue weighted by molar-refractivity contribution is 0.0761. The van der Waals surface area contributed by atoms with E-state index in [1.54, 1.807) is 15.9 Å².